The lowest BCUT2D eigenvalue weighted by Gasteiger charge is -2.31. The molecule has 0 aromatic heterocycles. The molecule has 1 rings (SSSR count). The molecule has 2 unspecified atom stereocenters. The van der Waals surface area contributed by atoms with Crippen LogP contribution in [0.15, 0.2) is 0 Å². The topological polar surface area (TPSA) is 86.7 Å². The van der Waals surface area contributed by atoms with Crippen molar-refractivity contribution in [2.45, 2.75) is 32.2 Å². The normalized spacial score (nSPS) is 19.8. The van der Waals surface area contributed by atoms with Crippen molar-refractivity contribution in [3.63, 3.8) is 0 Å². The molecule has 0 spiro atoms. The molecule has 6 nitrogen and oxygen atoms in total. The monoisotopic (exact) mass is 290 g/mol. The zero-order valence-corrected chi connectivity index (χ0v) is 12.2. The van der Waals surface area contributed by atoms with Gasteiger partial charge in [0.1, 0.15) is 0 Å². The summed E-state index contributed by atoms with van der Waals surface area (Å²) in [5, 5.41) is 11.7. The molecular formula is C12H22N2O4S. The first-order chi connectivity index (χ1) is 8.90. The fourth-order valence-electron chi connectivity index (χ4n) is 2.05. The highest BCUT2D eigenvalue weighted by atomic mass is 32.2. The van der Waals surface area contributed by atoms with E-state index < -0.39 is 16.8 Å². The third kappa shape index (κ3) is 5.59. The Bertz CT molecular complexity index is 354. The molecule has 110 valence electrons. The Morgan fingerprint density at radius 2 is 2.00 bits per heavy atom. The van der Waals surface area contributed by atoms with Gasteiger partial charge >= 0.3 is 12.0 Å². The number of carboxylic acid groups (broad SMARTS) is 1. The van der Waals surface area contributed by atoms with Crippen LogP contribution in [-0.4, -0.2) is 57.4 Å². The largest absolute Gasteiger partial charge is 0.481 e. The molecule has 1 heterocycles. The van der Waals surface area contributed by atoms with E-state index in [1.54, 1.807) is 11.2 Å². The van der Waals surface area contributed by atoms with E-state index in [1.807, 2.05) is 6.92 Å². The number of carbonyl (C=O) groups is 2. The summed E-state index contributed by atoms with van der Waals surface area (Å²) in [6.45, 7) is 2.85. The smallest absolute Gasteiger partial charge is 0.317 e. The second-order valence-electron chi connectivity index (χ2n) is 5.02. The van der Waals surface area contributed by atoms with Gasteiger partial charge < -0.3 is 15.3 Å². The number of likely N-dealkylation sites (tertiary alicyclic amines) is 1. The Labute approximate surface area is 116 Å². The summed E-state index contributed by atoms with van der Waals surface area (Å²) in [7, 11) is -0.846. The van der Waals surface area contributed by atoms with Gasteiger partial charge in [-0.1, -0.05) is 0 Å². The summed E-state index contributed by atoms with van der Waals surface area (Å²) in [5.74, 6) is -0.537. The number of urea groups is 1. The van der Waals surface area contributed by atoms with Crippen LogP contribution in [0.5, 0.6) is 0 Å². The highest BCUT2D eigenvalue weighted by molar-refractivity contribution is 7.84. The van der Waals surface area contributed by atoms with Crippen molar-refractivity contribution in [2.75, 3.05) is 25.1 Å². The molecule has 0 aromatic rings. The second kappa shape index (κ2) is 7.47. The minimum atomic E-state index is -0.846. The molecule has 19 heavy (non-hydrogen) atoms. The molecule has 1 aliphatic heterocycles. The van der Waals surface area contributed by atoms with Gasteiger partial charge in [0.05, 0.1) is 5.92 Å². The molecule has 1 fully saturated rings. The van der Waals surface area contributed by atoms with Crippen molar-refractivity contribution in [1.29, 1.82) is 0 Å². The standard InChI is InChI=1S/C12H22N2O4S/c1-9(5-8-19(2)18)13-12(17)14-6-3-10(4-7-14)11(15)16/h9-10H,3-8H2,1-2H3,(H,13,17)(H,15,16). The molecule has 7 heteroatoms. The summed E-state index contributed by atoms with van der Waals surface area (Å²) in [4.78, 5) is 24.4. The van der Waals surface area contributed by atoms with Crippen LogP contribution >= 0.6 is 0 Å². The number of aliphatic carboxylic acids is 1. The number of hydrogen-bond donors (Lipinski definition) is 2. The average Bonchev–Trinajstić information content (AvgIpc) is 2.36. The molecule has 0 aromatic carbocycles. The zero-order valence-electron chi connectivity index (χ0n) is 11.4. The van der Waals surface area contributed by atoms with Gasteiger partial charge in [-0.15, -0.1) is 0 Å². The van der Waals surface area contributed by atoms with Crippen LogP contribution in [0.4, 0.5) is 4.79 Å². The lowest BCUT2D eigenvalue weighted by molar-refractivity contribution is -0.143. The van der Waals surface area contributed by atoms with Crippen LogP contribution in [0.2, 0.25) is 0 Å². The lowest BCUT2D eigenvalue weighted by Crippen LogP contribution is -2.48. The van der Waals surface area contributed by atoms with E-state index in [9.17, 15) is 13.8 Å². The Morgan fingerprint density at radius 3 is 2.47 bits per heavy atom. The Morgan fingerprint density at radius 1 is 1.42 bits per heavy atom. The molecule has 2 amide bonds. The van der Waals surface area contributed by atoms with E-state index in [0.29, 0.717) is 38.1 Å². The third-order valence-electron chi connectivity index (χ3n) is 3.34. The number of amides is 2. The van der Waals surface area contributed by atoms with Gasteiger partial charge in [0, 0.05) is 41.9 Å². The van der Waals surface area contributed by atoms with Crippen molar-refractivity contribution in [3.05, 3.63) is 0 Å². The van der Waals surface area contributed by atoms with Crippen molar-refractivity contribution < 1.29 is 18.9 Å². The quantitative estimate of drug-likeness (QED) is 0.778. The minimum absolute atomic E-state index is 0.0198. The first kappa shape index (κ1) is 15.9. The first-order valence-corrected chi connectivity index (χ1v) is 8.21. The number of carbonyl (C=O) groups excluding carboxylic acids is 1. The van der Waals surface area contributed by atoms with Gasteiger partial charge in [0.25, 0.3) is 0 Å². The summed E-state index contributed by atoms with van der Waals surface area (Å²) in [5.41, 5.74) is 0. The fraction of sp³-hybridized carbons (Fsp3) is 0.833. The van der Waals surface area contributed by atoms with Crippen molar-refractivity contribution in [1.82, 2.24) is 10.2 Å². The van der Waals surface area contributed by atoms with E-state index in [4.69, 9.17) is 5.11 Å². The highest BCUT2D eigenvalue weighted by Crippen LogP contribution is 2.17. The van der Waals surface area contributed by atoms with Gasteiger partial charge in [-0.05, 0) is 26.2 Å². The fourth-order valence-corrected chi connectivity index (χ4v) is 2.73. The minimum Gasteiger partial charge on any atom is -0.481 e. The van der Waals surface area contributed by atoms with Crippen LogP contribution in [0.1, 0.15) is 26.2 Å². The molecule has 2 N–H and O–H groups in total. The van der Waals surface area contributed by atoms with Gasteiger partial charge in [-0.25, -0.2) is 4.79 Å². The van der Waals surface area contributed by atoms with E-state index in [2.05, 4.69) is 5.32 Å². The molecule has 0 aliphatic carbocycles. The van der Waals surface area contributed by atoms with Gasteiger partial charge in [0.15, 0.2) is 0 Å². The van der Waals surface area contributed by atoms with Crippen LogP contribution in [-0.2, 0) is 15.6 Å². The Kier molecular flexibility index (Phi) is 6.27. The number of carboxylic acids is 1. The predicted molar refractivity (Wildman–Crippen MR) is 73.5 cm³/mol. The molecular weight excluding hydrogens is 268 g/mol. The predicted octanol–water partition coefficient (Wildman–Crippen LogP) is 0.650. The Hall–Kier alpha value is -1.11. The molecule has 0 saturated carbocycles. The van der Waals surface area contributed by atoms with Crippen LogP contribution in [0.25, 0.3) is 0 Å². The van der Waals surface area contributed by atoms with E-state index in [-0.39, 0.29) is 18.0 Å². The Balaban J connectivity index is 2.31. The molecule has 1 saturated heterocycles. The third-order valence-corrected chi connectivity index (χ3v) is 4.15. The SMILES string of the molecule is CC(CCS(C)=O)NC(=O)N1CCC(C(=O)O)CC1. The van der Waals surface area contributed by atoms with Crippen LogP contribution in [0, 0.1) is 5.92 Å². The van der Waals surface area contributed by atoms with Crippen molar-refractivity contribution >= 4 is 22.8 Å². The maximum atomic E-state index is 11.9. The molecule has 2 atom stereocenters. The first-order valence-electron chi connectivity index (χ1n) is 6.48. The summed E-state index contributed by atoms with van der Waals surface area (Å²) < 4.78 is 11.0. The number of rotatable bonds is 5. The lowest BCUT2D eigenvalue weighted by atomic mass is 9.97. The van der Waals surface area contributed by atoms with Gasteiger partial charge in [-0.3, -0.25) is 9.00 Å². The van der Waals surface area contributed by atoms with Crippen molar-refractivity contribution in [3.8, 4) is 0 Å². The second-order valence-corrected chi connectivity index (χ2v) is 6.57. The van der Waals surface area contributed by atoms with Crippen molar-refractivity contribution in [2.24, 2.45) is 5.92 Å². The number of nitrogens with zero attached hydrogens (tertiary/aromatic N) is 1. The highest BCUT2D eigenvalue weighted by Gasteiger charge is 2.27. The van der Waals surface area contributed by atoms with Gasteiger partial charge in [0.2, 0.25) is 0 Å². The van der Waals surface area contributed by atoms with Crippen LogP contribution < -0.4 is 5.32 Å². The zero-order chi connectivity index (χ0) is 14.4. The maximum Gasteiger partial charge on any atom is 0.317 e. The molecule has 1 aliphatic rings. The van der Waals surface area contributed by atoms with E-state index in [0.717, 1.165) is 0 Å². The maximum absolute atomic E-state index is 11.9. The van der Waals surface area contributed by atoms with E-state index >= 15 is 0 Å². The summed E-state index contributed by atoms with van der Waals surface area (Å²) >= 11 is 0. The molecule has 0 radical (unpaired) electrons. The number of hydrogen-bond acceptors (Lipinski definition) is 3. The summed E-state index contributed by atoms with van der Waals surface area (Å²) in [6.07, 6.45) is 3.35. The van der Waals surface area contributed by atoms with Gasteiger partial charge in [-0.2, -0.15) is 0 Å². The molecule has 0 bridgehead atoms. The number of nitrogens with one attached hydrogen (secondary N) is 1. The van der Waals surface area contributed by atoms with Crippen LogP contribution in [0.3, 0.4) is 0 Å². The average molecular weight is 290 g/mol. The van der Waals surface area contributed by atoms with E-state index in [1.165, 1.54) is 0 Å². The number of piperidine rings is 1. The summed E-state index contributed by atoms with van der Waals surface area (Å²) in [6, 6.07) is -0.174.